The molecule has 2 saturated heterocycles. The van der Waals surface area contributed by atoms with E-state index < -0.39 is 46.9 Å². The number of benzene rings is 3. The lowest BCUT2D eigenvalue weighted by atomic mass is 9.77. The van der Waals surface area contributed by atoms with Crippen LogP contribution in [0.1, 0.15) is 32.4 Å². The zero-order valence-electron chi connectivity index (χ0n) is 17.4. The largest absolute Gasteiger partial charge is 0.349 e. The zero-order chi connectivity index (χ0) is 23.8. The van der Waals surface area contributed by atoms with Gasteiger partial charge in [-0.2, -0.15) is 0 Å². The Labute approximate surface area is 216 Å². The molecule has 3 aliphatic rings. The molecule has 3 aromatic carbocycles. The van der Waals surface area contributed by atoms with Crippen molar-refractivity contribution in [2.24, 2.45) is 11.8 Å². The molecule has 3 atom stereocenters. The van der Waals surface area contributed by atoms with Crippen LogP contribution in [0.25, 0.3) is 0 Å². The molecular formula is C26H15BrINO5. The van der Waals surface area contributed by atoms with E-state index in [1.54, 1.807) is 54.6 Å². The maximum Gasteiger partial charge on any atom is 0.241 e. The molecule has 2 aliphatic heterocycles. The fourth-order valence-electron chi connectivity index (χ4n) is 5.35. The quantitative estimate of drug-likeness (QED) is 0.233. The molecule has 0 N–H and O–H groups in total. The molecule has 0 bridgehead atoms. The number of anilines is 1. The molecule has 1 spiro atoms. The van der Waals surface area contributed by atoms with Gasteiger partial charge in [-0.3, -0.25) is 19.2 Å². The highest BCUT2D eigenvalue weighted by Gasteiger charge is 2.74. The number of nitrogens with zero attached hydrogens (tertiary/aromatic N) is 1. The molecule has 0 radical (unpaired) electrons. The average Bonchev–Trinajstić information content (AvgIpc) is 3.40. The third kappa shape index (κ3) is 2.82. The molecule has 1 aliphatic carbocycles. The molecule has 34 heavy (non-hydrogen) atoms. The predicted molar refractivity (Wildman–Crippen MR) is 134 cm³/mol. The summed E-state index contributed by atoms with van der Waals surface area (Å²) in [5.74, 6) is -4.45. The second kappa shape index (κ2) is 7.66. The van der Waals surface area contributed by atoms with E-state index in [0.717, 1.165) is 12.9 Å². The van der Waals surface area contributed by atoms with Gasteiger partial charge in [0.1, 0.15) is 0 Å². The summed E-state index contributed by atoms with van der Waals surface area (Å²) in [6.45, 7) is 0. The number of rotatable bonds is 2. The van der Waals surface area contributed by atoms with Crippen LogP contribution in [-0.4, -0.2) is 29.0 Å². The number of ether oxygens (including phenoxy) is 1. The van der Waals surface area contributed by atoms with Crippen LogP contribution < -0.4 is 4.90 Å². The Morgan fingerprint density at radius 2 is 1.47 bits per heavy atom. The number of amides is 2. The first kappa shape index (κ1) is 21.8. The Morgan fingerprint density at radius 1 is 0.824 bits per heavy atom. The Morgan fingerprint density at radius 3 is 2.09 bits per heavy atom. The van der Waals surface area contributed by atoms with Crippen molar-refractivity contribution in [3.05, 3.63) is 97.5 Å². The summed E-state index contributed by atoms with van der Waals surface area (Å²) in [5.41, 5.74) is -0.584. The summed E-state index contributed by atoms with van der Waals surface area (Å²) in [6, 6.07) is 20.6. The van der Waals surface area contributed by atoms with Crippen molar-refractivity contribution >= 4 is 67.6 Å². The van der Waals surface area contributed by atoms with E-state index in [1.807, 2.05) is 18.2 Å². The van der Waals surface area contributed by atoms with Crippen LogP contribution in [0.3, 0.4) is 0 Å². The molecule has 2 heterocycles. The van der Waals surface area contributed by atoms with Crippen LogP contribution in [0.5, 0.6) is 0 Å². The van der Waals surface area contributed by atoms with Gasteiger partial charge in [-0.15, -0.1) is 0 Å². The summed E-state index contributed by atoms with van der Waals surface area (Å²) >= 11 is 5.51. The second-order valence-electron chi connectivity index (χ2n) is 8.52. The highest BCUT2D eigenvalue weighted by molar-refractivity contribution is 14.1. The van der Waals surface area contributed by atoms with Gasteiger partial charge in [0.2, 0.25) is 29.0 Å². The van der Waals surface area contributed by atoms with Crippen molar-refractivity contribution in [2.45, 2.75) is 11.7 Å². The fourth-order valence-corrected chi connectivity index (χ4v) is 6.18. The van der Waals surface area contributed by atoms with Gasteiger partial charge in [0.15, 0.2) is 0 Å². The van der Waals surface area contributed by atoms with Crippen molar-refractivity contribution in [2.75, 3.05) is 4.90 Å². The molecule has 6 rings (SSSR count). The van der Waals surface area contributed by atoms with E-state index in [4.69, 9.17) is 4.74 Å². The molecular weight excluding hydrogens is 613 g/mol. The van der Waals surface area contributed by atoms with Crippen LogP contribution >= 0.6 is 38.5 Å². The molecule has 2 fully saturated rings. The Bertz CT molecular complexity index is 1380. The number of fused-ring (bicyclic) bond motifs is 3. The van der Waals surface area contributed by atoms with E-state index in [2.05, 4.69) is 38.5 Å². The molecule has 8 heteroatoms. The predicted octanol–water partition coefficient (Wildman–Crippen LogP) is 4.75. The number of carbonyl (C=O) groups excluding carboxylic acids is 4. The second-order valence-corrected chi connectivity index (χ2v) is 10.7. The summed E-state index contributed by atoms with van der Waals surface area (Å²) in [7, 11) is 0. The summed E-state index contributed by atoms with van der Waals surface area (Å²) in [4.78, 5) is 56.1. The third-order valence-corrected chi connectivity index (χ3v) is 7.98. The van der Waals surface area contributed by atoms with Gasteiger partial charge in [-0.05, 0) is 64.6 Å². The van der Waals surface area contributed by atoms with Gasteiger partial charge >= 0.3 is 0 Å². The van der Waals surface area contributed by atoms with Crippen molar-refractivity contribution in [1.29, 1.82) is 0 Å². The molecule has 0 saturated carbocycles. The Hall–Kier alpha value is -2.69. The zero-order valence-corrected chi connectivity index (χ0v) is 21.1. The molecule has 6 nitrogen and oxygen atoms in total. The first-order valence-electron chi connectivity index (χ1n) is 10.6. The lowest BCUT2D eigenvalue weighted by Crippen LogP contribution is -2.51. The van der Waals surface area contributed by atoms with Gasteiger partial charge in [0.05, 0.1) is 23.6 Å². The average molecular weight is 628 g/mol. The Balaban J connectivity index is 1.55. The lowest BCUT2D eigenvalue weighted by Gasteiger charge is -2.27. The number of hydrogen-bond acceptors (Lipinski definition) is 5. The van der Waals surface area contributed by atoms with E-state index in [-0.39, 0.29) is 11.1 Å². The van der Waals surface area contributed by atoms with E-state index in [0.29, 0.717) is 11.3 Å². The van der Waals surface area contributed by atoms with E-state index in [1.165, 1.54) is 0 Å². The molecule has 3 unspecified atom stereocenters. The first-order valence-corrected chi connectivity index (χ1v) is 12.5. The number of Topliss-reactive ketones (excluding diaryl/α,β-unsaturated/α-hetero) is 2. The van der Waals surface area contributed by atoms with Crippen LogP contribution in [0.4, 0.5) is 5.69 Å². The number of halogens is 2. The fraction of sp³-hybridized carbons (Fsp3) is 0.154. The molecule has 168 valence electrons. The first-order chi connectivity index (χ1) is 16.3. The van der Waals surface area contributed by atoms with Crippen LogP contribution in [0.2, 0.25) is 0 Å². The molecule has 2 amide bonds. The van der Waals surface area contributed by atoms with Crippen LogP contribution in [0.15, 0.2) is 77.3 Å². The van der Waals surface area contributed by atoms with Gasteiger partial charge in [-0.25, -0.2) is 4.90 Å². The Kier molecular flexibility index (Phi) is 4.91. The van der Waals surface area contributed by atoms with Gasteiger partial charge in [-0.1, -0.05) is 52.3 Å². The number of imide groups is 1. The monoisotopic (exact) mass is 627 g/mol. The standard InChI is InChI=1S/C26H15BrINO5/c27-14-8-10-16(11-9-14)29-24(32)19-20(25(29)33)26(34-21(19)13-4-3-5-15(28)12-13)22(30)17-6-1-2-7-18(17)23(26)31/h1-12,19-21H. The SMILES string of the molecule is O=C1C2C(c3cccc(I)c3)OC3(C(=O)c4ccccc4C3=O)C2C(=O)N1c1ccc(Br)cc1. The smallest absolute Gasteiger partial charge is 0.241 e. The van der Waals surface area contributed by atoms with Gasteiger partial charge in [0, 0.05) is 19.2 Å². The maximum atomic E-state index is 13.8. The van der Waals surface area contributed by atoms with Crippen molar-refractivity contribution in [3.63, 3.8) is 0 Å². The molecule has 3 aromatic rings. The normalized spacial score (nSPS) is 24.8. The highest BCUT2D eigenvalue weighted by Crippen LogP contribution is 2.57. The van der Waals surface area contributed by atoms with Crippen molar-refractivity contribution < 1.29 is 23.9 Å². The van der Waals surface area contributed by atoms with E-state index >= 15 is 0 Å². The minimum absolute atomic E-state index is 0.219. The molecule has 0 aromatic heterocycles. The topological polar surface area (TPSA) is 80.8 Å². The van der Waals surface area contributed by atoms with Crippen LogP contribution in [-0.2, 0) is 14.3 Å². The van der Waals surface area contributed by atoms with Crippen LogP contribution in [0, 0.1) is 15.4 Å². The lowest BCUT2D eigenvalue weighted by molar-refractivity contribution is -0.127. The highest BCUT2D eigenvalue weighted by atomic mass is 127. The number of ketones is 2. The summed E-state index contributed by atoms with van der Waals surface area (Å²) in [5, 5.41) is 0. The third-order valence-electron chi connectivity index (χ3n) is 6.78. The van der Waals surface area contributed by atoms with Crippen molar-refractivity contribution in [1.82, 2.24) is 0 Å². The summed E-state index contributed by atoms with van der Waals surface area (Å²) < 4.78 is 7.99. The summed E-state index contributed by atoms with van der Waals surface area (Å²) in [6.07, 6.45) is -0.918. The number of carbonyl (C=O) groups is 4. The minimum atomic E-state index is -2.06. The number of hydrogen-bond donors (Lipinski definition) is 0. The minimum Gasteiger partial charge on any atom is -0.349 e. The maximum absolute atomic E-state index is 13.8. The van der Waals surface area contributed by atoms with Gasteiger partial charge < -0.3 is 4.74 Å². The van der Waals surface area contributed by atoms with Crippen molar-refractivity contribution in [3.8, 4) is 0 Å². The van der Waals surface area contributed by atoms with E-state index in [9.17, 15) is 19.2 Å². The van der Waals surface area contributed by atoms with Gasteiger partial charge in [0.25, 0.3) is 0 Å².